The molecule has 20 heavy (non-hydrogen) atoms. The molecule has 0 saturated carbocycles. The Labute approximate surface area is 114 Å². The van der Waals surface area contributed by atoms with Crippen LogP contribution >= 0.6 is 0 Å². The first-order valence-corrected chi connectivity index (χ1v) is 5.91. The number of amidine groups is 1. The number of anilines is 1. The molecule has 0 atom stereocenters. The number of rotatable bonds is 2. The van der Waals surface area contributed by atoms with Crippen molar-refractivity contribution in [1.82, 2.24) is 0 Å². The van der Waals surface area contributed by atoms with Gasteiger partial charge in [-0.3, -0.25) is 5.41 Å². The van der Waals surface area contributed by atoms with Gasteiger partial charge in [-0.15, -0.1) is 0 Å². The van der Waals surface area contributed by atoms with Crippen molar-refractivity contribution in [3.63, 3.8) is 0 Å². The predicted octanol–water partition coefficient (Wildman–Crippen LogP) is 3.65. The molecule has 2 rings (SSSR count). The number of alkyl halides is 2. The zero-order chi connectivity index (χ0) is 14.9. The van der Waals surface area contributed by atoms with Gasteiger partial charge in [0, 0.05) is 19.2 Å². The molecule has 0 unspecified atom stereocenters. The molecule has 6 heteroatoms. The normalized spacial score (nSPS) is 18.4. The van der Waals surface area contributed by atoms with E-state index in [-0.39, 0.29) is 18.0 Å². The first-order chi connectivity index (χ1) is 9.30. The lowest BCUT2D eigenvalue weighted by Gasteiger charge is -2.28. The molecule has 0 aromatic heterocycles. The van der Waals surface area contributed by atoms with Gasteiger partial charge in [-0.25, -0.2) is 4.39 Å². The molecule has 1 heterocycles. The minimum absolute atomic E-state index is 0.243. The summed E-state index contributed by atoms with van der Waals surface area (Å²) in [6.07, 6.45) is 2.84. The minimum atomic E-state index is -3.42. The van der Waals surface area contributed by atoms with Gasteiger partial charge < -0.3 is 10.0 Å². The Morgan fingerprint density at radius 2 is 1.90 bits per heavy atom. The summed E-state index contributed by atoms with van der Waals surface area (Å²) in [5, 5.41) is 17.5. The van der Waals surface area contributed by atoms with Crippen LogP contribution in [0.2, 0.25) is 0 Å². The van der Waals surface area contributed by atoms with E-state index in [1.54, 1.807) is 6.08 Å². The monoisotopic (exact) mass is 282 g/mol. The van der Waals surface area contributed by atoms with Crippen molar-refractivity contribution in [2.24, 2.45) is 0 Å². The van der Waals surface area contributed by atoms with Crippen molar-refractivity contribution < 1.29 is 18.3 Å². The molecule has 1 aliphatic heterocycles. The summed E-state index contributed by atoms with van der Waals surface area (Å²) >= 11 is 0. The molecule has 2 N–H and O–H groups in total. The van der Waals surface area contributed by atoms with Crippen LogP contribution in [0.25, 0.3) is 0 Å². The molecule has 0 aliphatic carbocycles. The summed E-state index contributed by atoms with van der Waals surface area (Å²) in [5.74, 6) is -5.24. The van der Waals surface area contributed by atoms with Crippen molar-refractivity contribution in [3.8, 4) is 0 Å². The number of hydrogen-bond donors (Lipinski definition) is 2. The molecule has 106 valence electrons. The highest BCUT2D eigenvalue weighted by Gasteiger charge is 2.33. The van der Waals surface area contributed by atoms with Crippen LogP contribution < -0.4 is 4.90 Å². The molecule has 0 amide bonds. The lowest BCUT2D eigenvalue weighted by atomic mass is 10.1. The summed E-state index contributed by atoms with van der Waals surface area (Å²) in [5.41, 5.74) is 0.249. The first-order valence-electron chi connectivity index (χ1n) is 5.91. The van der Waals surface area contributed by atoms with Gasteiger partial charge in [0.15, 0.2) is 5.76 Å². The van der Waals surface area contributed by atoms with Crippen LogP contribution in [0.1, 0.15) is 6.92 Å². The average molecular weight is 282 g/mol. The van der Waals surface area contributed by atoms with E-state index in [1.165, 1.54) is 35.2 Å². The average Bonchev–Trinajstić information content (AvgIpc) is 2.38. The molecule has 0 radical (unpaired) electrons. The largest absolute Gasteiger partial charge is 0.506 e. The van der Waals surface area contributed by atoms with Crippen molar-refractivity contribution in [2.45, 2.75) is 12.8 Å². The molecule has 3 nitrogen and oxygen atoms in total. The Morgan fingerprint density at radius 3 is 2.45 bits per heavy atom. The zero-order valence-electron chi connectivity index (χ0n) is 10.7. The number of hydrogen-bond acceptors (Lipinski definition) is 2. The van der Waals surface area contributed by atoms with Crippen LogP contribution in [-0.2, 0) is 0 Å². The molecule has 1 aliphatic rings. The third kappa shape index (κ3) is 2.68. The quantitative estimate of drug-likeness (QED) is 0.813. The zero-order valence-corrected chi connectivity index (χ0v) is 10.7. The summed E-state index contributed by atoms with van der Waals surface area (Å²) in [7, 11) is 0. The fourth-order valence-corrected chi connectivity index (χ4v) is 1.87. The Bertz CT molecular complexity index is 585. The Kier molecular flexibility index (Phi) is 3.57. The number of benzene rings is 1. The van der Waals surface area contributed by atoms with E-state index in [0.717, 1.165) is 0 Å². The third-order valence-electron chi connectivity index (χ3n) is 2.91. The van der Waals surface area contributed by atoms with E-state index in [4.69, 9.17) is 5.41 Å². The van der Waals surface area contributed by atoms with E-state index in [2.05, 4.69) is 0 Å². The predicted molar refractivity (Wildman–Crippen MR) is 70.9 cm³/mol. The van der Waals surface area contributed by atoms with Crippen molar-refractivity contribution >= 4 is 11.5 Å². The van der Waals surface area contributed by atoms with Gasteiger partial charge in [0.2, 0.25) is 0 Å². The van der Waals surface area contributed by atoms with E-state index in [0.29, 0.717) is 12.6 Å². The van der Waals surface area contributed by atoms with Crippen LogP contribution in [0.5, 0.6) is 0 Å². The molecule has 1 aromatic rings. The van der Waals surface area contributed by atoms with Crippen molar-refractivity contribution in [1.29, 1.82) is 5.41 Å². The van der Waals surface area contributed by atoms with Gasteiger partial charge in [-0.05, 0) is 30.3 Å². The van der Waals surface area contributed by atoms with E-state index < -0.39 is 17.5 Å². The molecular formula is C14H13F3N2O. The fraction of sp³-hybridized carbons (Fsp3) is 0.214. The number of nitrogens with one attached hydrogen (secondary N) is 1. The fourth-order valence-electron chi connectivity index (χ4n) is 1.87. The molecule has 0 fully saturated rings. The van der Waals surface area contributed by atoms with Gasteiger partial charge in [0.1, 0.15) is 11.7 Å². The van der Waals surface area contributed by atoms with Crippen molar-refractivity contribution in [2.75, 3.05) is 11.4 Å². The Hall–Kier alpha value is -2.24. The highest BCUT2D eigenvalue weighted by atomic mass is 19.3. The second-order valence-electron chi connectivity index (χ2n) is 4.49. The van der Waals surface area contributed by atoms with Gasteiger partial charge in [-0.1, -0.05) is 6.08 Å². The molecule has 0 spiro atoms. The molecule has 1 aromatic carbocycles. The number of allylic oxidation sites excluding steroid dienone is 1. The first kappa shape index (κ1) is 14.2. The van der Waals surface area contributed by atoms with Crippen LogP contribution in [0.15, 0.2) is 47.7 Å². The van der Waals surface area contributed by atoms with E-state index in [9.17, 15) is 18.3 Å². The number of nitrogens with zero attached hydrogens (tertiary/aromatic N) is 1. The minimum Gasteiger partial charge on any atom is -0.506 e. The smallest absolute Gasteiger partial charge is 0.301 e. The summed E-state index contributed by atoms with van der Waals surface area (Å²) in [6, 6.07) is 5.33. The van der Waals surface area contributed by atoms with Crippen LogP contribution in [-0.4, -0.2) is 23.4 Å². The molecule has 0 saturated heterocycles. The number of aliphatic hydroxyl groups excluding tert-OH is 1. The van der Waals surface area contributed by atoms with Crippen LogP contribution in [0.3, 0.4) is 0 Å². The van der Waals surface area contributed by atoms with E-state index >= 15 is 0 Å². The second kappa shape index (κ2) is 5.03. The maximum Gasteiger partial charge on any atom is 0.301 e. The Morgan fingerprint density at radius 1 is 1.30 bits per heavy atom. The van der Waals surface area contributed by atoms with E-state index in [1.807, 2.05) is 0 Å². The number of halogens is 3. The number of aliphatic hydroxyl groups is 1. The molecule has 0 bridgehead atoms. The summed E-state index contributed by atoms with van der Waals surface area (Å²) < 4.78 is 39.2. The highest BCUT2D eigenvalue weighted by molar-refractivity contribution is 6.11. The van der Waals surface area contributed by atoms with Gasteiger partial charge >= 0.3 is 5.92 Å². The third-order valence-corrected chi connectivity index (χ3v) is 2.91. The maximum absolute atomic E-state index is 13.1. The second-order valence-corrected chi connectivity index (χ2v) is 4.49. The topological polar surface area (TPSA) is 47.3 Å². The lowest BCUT2D eigenvalue weighted by molar-refractivity contribution is 0.0179. The van der Waals surface area contributed by atoms with Crippen molar-refractivity contribution in [3.05, 3.63) is 53.6 Å². The SMILES string of the molecule is CC(F)(F)C(O)=C1C=CCN(c2ccc(F)cc2)C1=N. The molecular weight excluding hydrogens is 269 g/mol. The van der Waals surface area contributed by atoms with Crippen LogP contribution in [0, 0.1) is 11.2 Å². The maximum atomic E-state index is 13.1. The summed E-state index contributed by atoms with van der Waals surface area (Å²) in [4.78, 5) is 1.40. The van der Waals surface area contributed by atoms with Gasteiger partial charge in [0.05, 0.1) is 5.57 Å². The Balaban J connectivity index is 2.39. The summed E-state index contributed by atoms with van der Waals surface area (Å²) in [6.45, 7) is 0.851. The lowest BCUT2D eigenvalue weighted by Crippen LogP contribution is -2.36. The highest BCUT2D eigenvalue weighted by Crippen LogP contribution is 2.28. The van der Waals surface area contributed by atoms with Gasteiger partial charge in [-0.2, -0.15) is 8.78 Å². The van der Waals surface area contributed by atoms with Crippen LogP contribution in [0.4, 0.5) is 18.9 Å². The standard InChI is InChI=1S/C14H13F3N2O/c1-14(16,17)12(20)11-3-2-8-19(13(11)18)10-6-4-9(15)5-7-10/h2-7,18,20H,8H2,1H3. The van der Waals surface area contributed by atoms with Gasteiger partial charge in [0.25, 0.3) is 0 Å².